The van der Waals surface area contributed by atoms with E-state index in [4.69, 9.17) is 15.3 Å². The molecule has 3 amide bonds. The Hall–Kier alpha value is -3.59. The molecule has 36 heavy (non-hydrogen) atoms. The molecular formula is C27H36N4O5. The van der Waals surface area contributed by atoms with E-state index in [1.807, 2.05) is 81.4 Å². The number of carbonyl (C=O) groups is 3. The number of hydrogen-bond acceptors (Lipinski definition) is 6. The number of carbonyl (C=O) groups excluding carboxylic acids is 3. The Morgan fingerprint density at radius 2 is 1.47 bits per heavy atom. The highest BCUT2D eigenvalue weighted by Crippen LogP contribution is 2.33. The number of hydrazine groups is 1. The van der Waals surface area contributed by atoms with Crippen molar-refractivity contribution in [3.63, 3.8) is 0 Å². The first-order valence-electron chi connectivity index (χ1n) is 12.2. The molecule has 0 bridgehead atoms. The minimum absolute atomic E-state index is 0.110. The average molecular weight is 497 g/mol. The normalized spacial score (nSPS) is 19.6. The van der Waals surface area contributed by atoms with Gasteiger partial charge in [0.05, 0.1) is 12.1 Å². The zero-order chi connectivity index (χ0) is 26.1. The van der Waals surface area contributed by atoms with E-state index in [2.05, 4.69) is 10.7 Å². The zero-order valence-corrected chi connectivity index (χ0v) is 21.1. The third-order valence-corrected chi connectivity index (χ3v) is 6.30. The van der Waals surface area contributed by atoms with Gasteiger partial charge in [-0.2, -0.15) is 0 Å². The van der Waals surface area contributed by atoms with Crippen LogP contribution in [0.5, 0.6) is 0 Å². The summed E-state index contributed by atoms with van der Waals surface area (Å²) >= 11 is 0. The zero-order valence-electron chi connectivity index (χ0n) is 21.1. The van der Waals surface area contributed by atoms with E-state index in [1.54, 1.807) is 4.90 Å². The lowest BCUT2D eigenvalue weighted by atomic mass is 9.80. The fraction of sp³-hybridized carbons (Fsp3) is 0.444. The molecule has 4 N–H and O–H groups in total. The summed E-state index contributed by atoms with van der Waals surface area (Å²) in [4.78, 5) is 40.0. The van der Waals surface area contributed by atoms with E-state index < -0.39 is 35.7 Å². The Balaban J connectivity index is 1.75. The molecule has 1 fully saturated rings. The lowest BCUT2D eigenvalue weighted by Gasteiger charge is -2.47. The first kappa shape index (κ1) is 27.0. The van der Waals surface area contributed by atoms with Crippen LogP contribution in [0, 0.1) is 5.92 Å². The van der Waals surface area contributed by atoms with E-state index >= 15 is 0 Å². The summed E-state index contributed by atoms with van der Waals surface area (Å²) < 4.78 is 11.1. The number of nitrogens with one attached hydrogen (secondary N) is 2. The summed E-state index contributed by atoms with van der Waals surface area (Å²) in [6, 6.07) is 17.9. The maximum atomic E-state index is 13.3. The average Bonchev–Trinajstić information content (AvgIpc) is 2.87. The number of ether oxygens (including phenoxy) is 2. The molecule has 1 saturated carbocycles. The van der Waals surface area contributed by atoms with Gasteiger partial charge in [0.15, 0.2) is 0 Å². The van der Waals surface area contributed by atoms with Crippen molar-refractivity contribution in [2.45, 2.75) is 70.9 Å². The van der Waals surface area contributed by atoms with Gasteiger partial charge >= 0.3 is 12.2 Å². The number of nitrogens with two attached hydrogens (primary N) is 1. The molecule has 2 aromatic carbocycles. The van der Waals surface area contributed by atoms with E-state index in [-0.39, 0.29) is 19.1 Å². The van der Waals surface area contributed by atoms with Crippen LogP contribution in [0.1, 0.15) is 51.2 Å². The number of hydrogen-bond donors (Lipinski definition) is 3. The fourth-order valence-corrected chi connectivity index (χ4v) is 4.59. The van der Waals surface area contributed by atoms with Crippen molar-refractivity contribution < 1.29 is 23.9 Å². The Morgan fingerprint density at radius 3 is 2.00 bits per heavy atom. The summed E-state index contributed by atoms with van der Waals surface area (Å²) in [6.07, 6.45) is 0.215. The predicted molar refractivity (Wildman–Crippen MR) is 135 cm³/mol. The predicted octanol–water partition coefficient (Wildman–Crippen LogP) is 3.88. The maximum absolute atomic E-state index is 13.3. The summed E-state index contributed by atoms with van der Waals surface area (Å²) in [7, 11) is 0. The topological polar surface area (TPSA) is 123 Å². The maximum Gasteiger partial charge on any atom is 0.410 e. The van der Waals surface area contributed by atoms with E-state index in [1.165, 1.54) is 0 Å². The summed E-state index contributed by atoms with van der Waals surface area (Å²) in [5, 5.41) is 2.90. The van der Waals surface area contributed by atoms with Crippen LogP contribution in [0.15, 0.2) is 60.7 Å². The number of benzene rings is 2. The van der Waals surface area contributed by atoms with Crippen LogP contribution in [-0.4, -0.2) is 40.6 Å². The molecular weight excluding hydrogens is 460 g/mol. The lowest BCUT2D eigenvalue weighted by Crippen LogP contribution is -2.62. The van der Waals surface area contributed by atoms with Crippen LogP contribution >= 0.6 is 0 Å². The minimum Gasteiger partial charge on any atom is -0.445 e. The smallest absolute Gasteiger partial charge is 0.410 e. The quantitative estimate of drug-likeness (QED) is 0.304. The monoisotopic (exact) mass is 496 g/mol. The first-order valence-corrected chi connectivity index (χ1v) is 12.2. The highest BCUT2D eigenvalue weighted by atomic mass is 16.6. The van der Waals surface area contributed by atoms with Gasteiger partial charge in [-0.05, 0) is 51.2 Å². The molecule has 0 heterocycles. The molecule has 0 spiro atoms. The molecule has 3 rings (SSSR count). The van der Waals surface area contributed by atoms with Gasteiger partial charge in [-0.25, -0.2) is 15.4 Å². The molecule has 3 atom stereocenters. The van der Waals surface area contributed by atoms with Crippen LogP contribution in [0.4, 0.5) is 9.59 Å². The number of alkyl carbamates (subject to hydrolysis) is 1. The van der Waals surface area contributed by atoms with Gasteiger partial charge in [0.2, 0.25) is 5.91 Å². The second kappa shape index (κ2) is 12.4. The molecule has 1 aliphatic carbocycles. The van der Waals surface area contributed by atoms with Gasteiger partial charge in [0.1, 0.15) is 13.2 Å². The Morgan fingerprint density at radius 1 is 0.917 bits per heavy atom. The van der Waals surface area contributed by atoms with Crippen molar-refractivity contribution in [1.82, 2.24) is 15.6 Å². The highest BCUT2D eigenvalue weighted by Gasteiger charge is 2.44. The molecule has 0 unspecified atom stereocenters. The number of rotatable bonds is 7. The summed E-state index contributed by atoms with van der Waals surface area (Å²) in [6.45, 7) is 5.99. The van der Waals surface area contributed by atoms with Crippen molar-refractivity contribution in [1.29, 1.82) is 0 Å². The molecule has 1 aliphatic rings. The van der Waals surface area contributed by atoms with Crippen molar-refractivity contribution in [2.75, 3.05) is 0 Å². The molecule has 0 radical (unpaired) electrons. The van der Waals surface area contributed by atoms with Crippen molar-refractivity contribution >= 4 is 18.1 Å². The van der Waals surface area contributed by atoms with Crippen LogP contribution in [0.2, 0.25) is 0 Å². The summed E-state index contributed by atoms with van der Waals surface area (Å²) in [5.41, 5.74) is 3.33. The molecule has 0 saturated heterocycles. The van der Waals surface area contributed by atoms with Gasteiger partial charge < -0.3 is 14.8 Å². The second-order valence-corrected chi connectivity index (χ2v) is 9.98. The fourth-order valence-electron chi connectivity index (χ4n) is 4.59. The number of amides is 3. The van der Waals surface area contributed by atoms with Crippen LogP contribution in [0.3, 0.4) is 0 Å². The first-order chi connectivity index (χ1) is 17.2. The van der Waals surface area contributed by atoms with Crippen LogP contribution in [0.25, 0.3) is 0 Å². The molecule has 9 heteroatoms. The lowest BCUT2D eigenvalue weighted by molar-refractivity contribution is -0.126. The Bertz CT molecular complexity index is 1010. The van der Waals surface area contributed by atoms with E-state index in [0.29, 0.717) is 19.3 Å². The van der Waals surface area contributed by atoms with Crippen molar-refractivity contribution in [3.05, 3.63) is 71.8 Å². The van der Waals surface area contributed by atoms with E-state index in [0.717, 1.165) is 11.1 Å². The van der Waals surface area contributed by atoms with Crippen molar-refractivity contribution in [3.8, 4) is 0 Å². The van der Waals surface area contributed by atoms with Gasteiger partial charge in [0.25, 0.3) is 0 Å². The Kier molecular flexibility index (Phi) is 9.30. The van der Waals surface area contributed by atoms with Crippen LogP contribution < -0.4 is 16.6 Å². The third-order valence-electron chi connectivity index (χ3n) is 6.30. The standard InChI is InChI=1S/C27H36N4O5/c1-27(2,3)31(26(34)36-18-20-12-8-5-9-13-20)23-15-14-21(24(32)30-28)16-22(23)29-25(33)35-17-19-10-6-4-7-11-19/h4-13,21-23H,14-18,28H2,1-3H3,(H,29,33)(H,30,32)/t21-,22+,23-/m0/s1. The van der Waals surface area contributed by atoms with Gasteiger partial charge in [-0.3, -0.25) is 15.1 Å². The van der Waals surface area contributed by atoms with Gasteiger partial charge in [-0.15, -0.1) is 0 Å². The summed E-state index contributed by atoms with van der Waals surface area (Å²) in [5.74, 6) is 4.68. The molecule has 0 aliphatic heterocycles. The molecule has 194 valence electrons. The minimum atomic E-state index is -0.617. The SMILES string of the molecule is CC(C)(C)N(C(=O)OCc1ccccc1)[C@H]1CC[C@H](C(=O)NN)C[C@H]1NC(=O)OCc1ccccc1. The van der Waals surface area contributed by atoms with Crippen molar-refractivity contribution in [2.24, 2.45) is 11.8 Å². The van der Waals surface area contributed by atoms with Gasteiger partial charge in [-0.1, -0.05) is 60.7 Å². The van der Waals surface area contributed by atoms with Crippen LogP contribution in [-0.2, 0) is 27.5 Å². The number of nitrogens with zero attached hydrogens (tertiary/aromatic N) is 1. The largest absolute Gasteiger partial charge is 0.445 e. The second-order valence-electron chi connectivity index (χ2n) is 9.98. The molecule has 9 nitrogen and oxygen atoms in total. The third kappa shape index (κ3) is 7.45. The highest BCUT2D eigenvalue weighted by molar-refractivity contribution is 5.78. The molecule has 0 aromatic heterocycles. The van der Waals surface area contributed by atoms with E-state index in [9.17, 15) is 14.4 Å². The molecule has 2 aromatic rings. The van der Waals surface area contributed by atoms with Gasteiger partial charge in [0, 0.05) is 11.5 Å². The Labute approximate surface area is 212 Å².